The molecule has 2 aromatic carbocycles. The molecule has 0 aliphatic carbocycles. The van der Waals surface area contributed by atoms with E-state index < -0.39 is 0 Å². The fraction of sp³-hybridized carbons (Fsp3) is 0.346. The van der Waals surface area contributed by atoms with E-state index in [4.69, 9.17) is 20.8 Å². The van der Waals surface area contributed by atoms with E-state index in [1.165, 1.54) is 25.9 Å². The number of fused-ring (bicyclic) bond motifs is 1. The van der Waals surface area contributed by atoms with Gasteiger partial charge >= 0.3 is 0 Å². The molecule has 3 heterocycles. The lowest BCUT2D eigenvalue weighted by Gasteiger charge is -2.15. The molecule has 1 fully saturated rings. The second kappa shape index (κ2) is 9.19. The fourth-order valence-electron chi connectivity index (χ4n) is 4.78. The number of hydrogen-bond donors (Lipinski definition) is 2. The molecule has 0 amide bonds. The van der Waals surface area contributed by atoms with Crippen molar-refractivity contribution in [2.45, 2.75) is 39.7 Å². The highest BCUT2D eigenvalue weighted by Gasteiger charge is 2.21. The molecule has 0 radical (unpaired) electrons. The van der Waals surface area contributed by atoms with Gasteiger partial charge in [-0.15, -0.1) is 0 Å². The molecule has 7 nitrogen and oxygen atoms in total. The Balaban J connectivity index is 1.58. The minimum atomic E-state index is 0.482. The van der Waals surface area contributed by atoms with Crippen molar-refractivity contribution in [1.82, 2.24) is 24.6 Å². The molecule has 1 aliphatic heterocycles. The van der Waals surface area contributed by atoms with Gasteiger partial charge in [0.2, 0.25) is 5.95 Å². The summed E-state index contributed by atoms with van der Waals surface area (Å²) >= 11 is 0. The van der Waals surface area contributed by atoms with Gasteiger partial charge in [-0.05, 0) is 76.0 Å². The number of hydrogen-bond acceptors (Lipinski definition) is 6. The van der Waals surface area contributed by atoms with Gasteiger partial charge in [0, 0.05) is 17.8 Å². The lowest BCUT2D eigenvalue weighted by molar-refractivity contribution is 0.323. The predicted octanol–water partition coefficient (Wildman–Crippen LogP) is 4.92. The van der Waals surface area contributed by atoms with Gasteiger partial charge in [0.05, 0.1) is 11.1 Å². The molecule has 0 saturated carbocycles. The number of nitrogens with two attached hydrogens (primary N) is 1. The van der Waals surface area contributed by atoms with Gasteiger partial charge < -0.3 is 16.0 Å². The van der Waals surface area contributed by atoms with Crippen molar-refractivity contribution in [3.63, 3.8) is 0 Å². The summed E-state index contributed by atoms with van der Waals surface area (Å²) < 4.78 is 1.95. The number of rotatable bonds is 7. The number of aromatic nitrogens is 4. The lowest BCUT2D eigenvalue weighted by atomic mass is 9.98. The van der Waals surface area contributed by atoms with Crippen molar-refractivity contribution in [1.29, 1.82) is 0 Å². The molecular formula is C26H31N7. The first-order chi connectivity index (χ1) is 16.1. The molecule has 33 heavy (non-hydrogen) atoms. The van der Waals surface area contributed by atoms with E-state index in [2.05, 4.69) is 42.3 Å². The van der Waals surface area contributed by atoms with Gasteiger partial charge in [-0.25, -0.2) is 9.67 Å². The molecule has 2 aromatic heterocycles. The van der Waals surface area contributed by atoms with Crippen LogP contribution in [0.3, 0.4) is 0 Å². The summed E-state index contributed by atoms with van der Waals surface area (Å²) in [5.74, 6) is 1.03. The zero-order valence-electron chi connectivity index (χ0n) is 19.4. The van der Waals surface area contributed by atoms with E-state index >= 15 is 0 Å². The summed E-state index contributed by atoms with van der Waals surface area (Å²) in [5, 5.41) is 8.89. The second-order valence-corrected chi connectivity index (χ2v) is 8.86. The Labute approximate surface area is 194 Å². The fourth-order valence-corrected chi connectivity index (χ4v) is 4.78. The van der Waals surface area contributed by atoms with Crippen LogP contribution in [0.2, 0.25) is 0 Å². The van der Waals surface area contributed by atoms with Crippen LogP contribution in [0.5, 0.6) is 0 Å². The third kappa shape index (κ3) is 4.41. The number of anilines is 3. The van der Waals surface area contributed by atoms with Gasteiger partial charge in [0.1, 0.15) is 0 Å². The van der Waals surface area contributed by atoms with Crippen LogP contribution >= 0.6 is 0 Å². The SMILES string of the molecule is Cc1cccc(C)c1-c1nc(Nc2ccccc2)nc2c1c(N)nn2CCCN1CCCC1. The summed E-state index contributed by atoms with van der Waals surface area (Å²) in [6.45, 7) is 8.47. The van der Waals surface area contributed by atoms with E-state index in [1.807, 2.05) is 35.0 Å². The molecule has 0 atom stereocenters. The molecule has 0 bridgehead atoms. The Morgan fingerprint density at radius 2 is 1.64 bits per heavy atom. The van der Waals surface area contributed by atoms with Crippen LogP contribution in [-0.2, 0) is 6.54 Å². The predicted molar refractivity (Wildman–Crippen MR) is 135 cm³/mol. The van der Waals surface area contributed by atoms with Crippen LogP contribution in [0.1, 0.15) is 30.4 Å². The van der Waals surface area contributed by atoms with E-state index in [-0.39, 0.29) is 0 Å². The average molecular weight is 442 g/mol. The first-order valence-corrected chi connectivity index (χ1v) is 11.7. The van der Waals surface area contributed by atoms with E-state index in [0.717, 1.165) is 58.6 Å². The third-order valence-corrected chi connectivity index (χ3v) is 6.41. The van der Waals surface area contributed by atoms with Crippen LogP contribution in [0.15, 0.2) is 48.5 Å². The smallest absolute Gasteiger partial charge is 0.229 e. The Kier molecular flexibility index (Phi) is 5.96. The number of likely N-dealkylation sites (tertiary alicyclic amines) is 1. The van der Waals surface area contributed by atoms with E-state index in [1.54, 1.807) is 0 Å². The molecule has 7 heteroatoms. The van der Waals surface area contributed by atoms with Gasteiger partial charge in [-0.1, -0.05) is 36.4 Å². The minimum Gasteiger partial charge on any atom is -0.382 e. The quantitative estimate of drug-likeness (QED) is 0.423. The molecular weight excluding hydrogens is 410 g/mol. The Hall–Kier alpha value is -3.45. The first-order valence-electron chi connectivity index (χ1n) is 11.7. The molecule has 4 aromatic rings. The van der Waals surface area contributed by atoms with Crippen LogP contribution in [0.25, 0.3) is 22.3 Å². The van der Waals surface area contributed by atoms with E-state index in [0.29, 0.717) is 11.8 Å². The van der Waals surface area contributed by atoms with Crippen LogP contribution in [-0.4, -0.2) is 44.3 Å². The number of nitrogens with one attached hydrogen (secondary N) is 1. The van der Waals surface area contributed by atoms with E-state index in [9.17, 15) is 0 Å². The van der Waals surface area contributed by atoms with Gasteiger partial charge in [0.25, 0.3) is 0 Å². The standard InChI is InChI=1S/C26H31N7/c1-18-10-8-11-19(2)21(18)23-22-24(27)31-33(17-9-16-32-14-6-7-15-32)25(22)30-26(29-23)28-20-12-4-3-5-13-20/h3-5,8,10-13H,6-7,9,14-17H2,1-2H3,(H2,27,31)(H,28,29,30). The van der Waals surface area contributed by atoms with Crippen molar-refractivity contribution in [3.8, 4) is 11.3 Å². The maximum Gasteiger partial charge on any atom is 0.229 e. The maximum absolute atomic E-state index is 6.47. The lowest BCUT2D eigenvalue weighted by Crippen LogP contribution is -2.21. The molecule has 5 rings (SSSR count). The van der Waals surface area contributed by atoms with Crippen LogP contribution in [0.4, 0.5) is 17.5 Å². The Bertz CT molecular complexity index is 1240. The van der Waals surface area contributed by atoms with Crippen LogP contribution in [0, 0.1) is 13.8 Å². The number of benzene rings is 2. The van der Waals surface area contributed by atoms with Crippen molar-refractivity contribution in [2.24, 2.45) is 0 Å². The highest BCUT2D eigenvalue weighted by Crippen LogP contribution is 2.35. The summed E-state index contributed by atoms with van der Waals surface area (Å²) in [4.78, 5) is 12.3. The van der Waals surface area contributed by atoms with Gasteiger partial charge in [-0.3, -0.25) is 0 Å². The number of nitrogens with zero attached hydrogens (tertiary/aromatic N) is 5. The zero-order valence-corrected chi connectivity index (χ0v) is 19.4. The Morgan fingerprint density at radius 3 is 2.36 bits per heavy atom. The number of nitrogen functional groups attached to an aromatic ring is 1. The average Bonchev–Trinajstić information content (AvgIpc) is 3.43. The zero-order chi connectivity index (χ0) is 22.8. The minimum absolute atomic E-state index is 0.482. The van der Waals surface area contributed by atoms with Crippen LogP contribution < -0.4 is 11.1 Å². The highest BCUT2D eigenvalue weighted by molar-refractivity contribution is 6.00. The first kappa shape index (κ1) is 21.4. The highest BCUT2D eigenvalue weighted by atomic mass is 15.3. The second-order valence-electron chi connectivity index (χ2n) is 8.86. The molecule has 0 unspecified atom stereocenters. The topological polar surface area (TPSA) is 84.9 Å². The molecule has 1 saturated heterocycles. The van der Waals surface area contributed by atoms with Gasteiger partial charge in [0.15, 0.2) is 11.5 Å². The van der Waals surface area contributed by atoms with Crippen molar-refractivity contribution in [3.05, 3.63) is 59.7 Å². The molecule has 3 N–H and O–H groups in total. The number of para-hydroxylation sites is 1. The molecule has 0 spiro atoms. The maximum atomic E-state index is 6.47. The molecule has 170 valence electrons. The Morgan fingerprint density at radius 1 is 0.909 bits per heavy atom. The summed E-state index contributed by atoms with van der Waals surface area (Å²) in [6.07, 6.45) is 3.62. The number of aryl methyl sites for hydroxylation is 3. The van der Waals surface area contributed by atoms with Crippen molar-refractivity contribution < 1.29 is 0 Å². The normalized spacial score (nSPS) is 14.2. The summed E-state index contributed by atoms with van der Waals surface area (Å²) in [6, 6.07) is 16.3. The monoisotopic (exact) mass is 441 g/mol. The van der Waals surface area contributed by atoms with Crippen molar-refractivity contribution >= 4 is 28.5 Å². The van der Waals surface area contributed by atoms with Gasteiger partial charge in [-0.2, -0.15) is 10.1 Å². The summed E-state index contributed by atoms with van der Waals surface area (Å²) in [7, 11) is 0. The van der Waals surface area contributed by atoms with Crippen molar-refractivity contribution in [2.75, 3.05) is 30.7 Å². The largest absolute Gasteiger partial charge is 0.382 e. The third-order valence-electron chi connectivity index (χ3n) is 6.41. The molecule has 1 aliphatic rings. The summed E-state index contributed by atoms with van der Waals surface area (Å²) in [5.41, 5.74) is 12.4.